The predicted octanol–water partition coefficient (Wildman–Crippen LogP) is 2.19. The summed E-state index contributed by atoms with van der Waals surface area (Å²) in [7, 11) is 0. The van der Waals surface area contributed by atoms with Crippen LogP contribution in [0.3, 0.4) is 0 Å². The van der Waals surface area contributed by atoms with E-state index in [1.54, 1.807) is 0 Å². The Hall–Kier alpha value is -1.76. The lowest BCUT2D eigenvalue weighted by molar-refractivity contribution is 0.0865. The summed E-state index contributed by atoms with van der Waals surface area (Å²) in [5.74, 6) is 1.34. The van der Waals surface area contributed by atoms with Crippen LogP contribution in [-0.2, 0) is 0 Å². The van der Waals surface area contributed by atoms with Gasteiger partial charge in [0.05, 0.1) is 6.04 Å². The summed E-state index contributed by atoms with van der Waals surface area (Å²) in [5.41, 5.74) is 0.980. The number of benzene rings is 1. The van der Waals surface area contributed by atoms with Gasteiger partial charge in [0, 0.05) is 38.3 Å². The number of piperazine rings is 1. The minimum absolute atomic E-state index is 0.134. The monoisotopic (exact) mass is 330 g/mol. The van der Waals surface area contributed by atoms with E-state index in [4.69, 9.17) is 9.63 Å². The lowest BCUT2D eigenvalue weighted by atomic mass is 10.2. The van der Waals surface area contributed by atoms with Gasteiger partial charge in [-0.1, -0.05) is 35.5 Å². The molecule has 1 N–H and O–H groups in total. The van der Waals surface area contributed by atoms with E-state index in [9.17, 15) is 0 Å². The number of hydrogen-bond donors (Lipinski definition) is 1. The average Bonchev–Trinajstić information content (AvgIpc) is 3.13. The molecule has 130 valence electrons. The van der Waals surface area contributed by atoms with Crippen LogP contribution in [0.4, 0.5) is 0 Å². The maximum Gasteiger partial charge on any atom is 0.244 e. The van der Waals surface area contributed by atoms with Crippen LogP contribution in [0, 0.1) is 0 Å². The Morgan fingerprint density at radius 2 is 1.88 bits per heavy atom. The number of nitrogens with zero attached hydrogens (tertiary/aromatic N) is 4. The summed E-state index contributed by atoms with van der Waals surface area (Å²) < 4.78 is 5.50. The number of unbranched alkanes of at least 4 members (excludes halogenated alkanes) is 1. The van der Waals surface area contributed by atoms with Crippen LogP contribution in [0.25, 0.3) is 11.4 Å². The first kappa shape index (κ1) is 17.1. The first-order valence-electron chi connectivity index (χ1n) is 8.74. The lowest BCUT2D eigenvalue weighted by Crippen LogP contribution is -2.47. The van der Waals surface area contributed by atoms with Gasteiger partial charge in [-0.05, 0) is 26.3 Å². The fourth-order valence-corrected chi connectivity index (χ4v) is 3.09. The van der Waals surface area contributed by atoms with Gasteiger partial charge in [0.1, 0.15) is 0 Å². The fourth-order valence-electron chi connectivity index (χ4n) is 3.09. The fraction of sp³-hybridized carbons (Fsp3) is 0.556. The smallest absolute Gasteiger partial charge is 0.244 e. The SMILES string of the molecule is CC(c1nc(-c2ccccc2)no1)N1CCN(CCCCO)CC1. The third kappa shape index (κ3) is 4.20. The summed E-state index contributed by atoms with van der Waals surface area (Å²) in [6.07, 6.45) is 1.96. The topological polar surface area (TPSA) is 65.6 Å². The van der Waals surface area contributed by atoms with E-state index >= 15 is 0 Å². The zero-order valence-corrected chi connectivity index (χ0v) is 14.3. The van der Waals surface area contributed by atoms with E-state index in [2.05, 4.69) is 26.9 Å². The van der Waals surface area contributed by atoms with Crippen molar-refractivity contribution >= 4 is 0 Å². The van der Waals surface area contributed by atoms with Crippen molar-refractivity contribution in [1.82, 2.24) is 19.9 Å². The molecule has 0 amide bonds. The molecule has 24 heavy (non-hydrogen) atoms. The quantitative estimate of drug-likeness (QED) is 0.785. The highest BCUT2D eigenvalue weighted by Gasteiger charge is 2.25. The first-order valence-corrected chi connectivity index (χ1v) is 8.74. The molecule has 0 radical (unpaired) electrons. The number of aliphatic hydroxyl groups is 1. The molecule has 6 nitrogen and oxygen atoms in total. The summed E-state index contributed by atoms with van der Waals surface area (Å²) in [4.78, 5) is 9.43. The van der Waals surface area contributed by atoms with Crippen LogP contribution in [0.15, 0.2) is 34.9 Å². The van der Waals surface area contributed by atoms with E-state index in [1.807, 2.05) is 30.3 Å². The molecule has 1 aliphatic heterocycles. The van der Waals surface area contributed by atoms with Gasteiger partial charge in [-0.3, -0.25) is 4.90 Å². The molecule has 1 unspecified atom stereocenters. The zero-order chi connectivity index (χ0) is 16.8. The molecular weight excluding hydrogens is 304 g/mol. The molecule has 0 aliphatic carbocycles. The summed E-state index contributed by atoms with van der Waals surface area (Å²) in [6, 6.07) is 10.0. The van der Waals surface area contributed by atoms with Crippen LogP contribution in [0.1, 0.15) is 31.7 Å². The third-order valence-corrected chi connectivity index (χ3v) is 4.67. The molecule has 1 fully saturated rings. The Kier molecular flexibility index (Phi) is 5.96. The van der Waals surface area contributed by atoms with Crippen molar-refractivity contribution in [2.24, 2.45) is 0 Å². The van der Waals surface area contributed by atoms with Gasteiger partial charge in [-0.15, -0.1) is 0 Å². The van der Waals surface area contributed by atoms with Crippen molar-refractivity contribution in [1.29, 1.82) is 0 Å². The van der Waals surface area contributed by atoms with Crippen LogP contribution in [0.2, 0.25) is 0 Å². The van der Waals surface area contributed by atoms with Crippen molar-refractivity contribution < 1.29 is 9.63 Å². The maximum atomic E-state index is 8.87. The molecule has 0 spiro atoms. The van der Waals surface area contributed by atoms with Crippen LogP contribution in [-0.4, -0.2) is 64.4 Å². The standard InChI is InChI=1S/C18H26N4O2/c1-15(22-12-10-21(11-13-22)9-5-6-14-23)18-19-17(20-24-18)16-7-3-2-4-8-16/h2-4,7-8,15,23H,5-6,9-14H2,1H3. The molecule has 1 atom stereocenters. The second-order valence-corrected chi connectivity index (χ2v) is 6.31. The second-order valence-electron chi connectivity index (χ2n) is 6.31. The zero-order valence-electron chi connectivity index (χ0n) is 14.3. The molecule has 3 rings (SSSR count). The van der Waals surface area contributed by atoms with E-state index < -0.39 is 0 Å². The van der Waals surface area contributed by atoms with Gasteiger partial charge in [0.2, 0.25) is 11.7 Å². The summed E-state index contributed by atoms with van der Waals surface area (Å²) >= 11 is 0. The van der Waals surface area contributed by atoms with Crippen LogP contribution < -0.4 is 0 Å². The van der Waals surface area contributed by atoms with E-state index in [1.165, 1.54) is 0 Å². The van der Waals surface area contributed by atoms with Crippen LogP contribution >= 0.6 is 0 Å². The average molecular weight is 330 g/mol. The van der Waals surface area contributed by atoms with Gasteiger partial charge in [0.15, 0.2) is 0 Å². The number of rotatable bonds is 7. The van der Waals surface area contributed by atoms with Gasteiger partial charge >= 0.3 is 0 Å². The van der Waals surface area contributed by atoms with E-state index in [-0.39, 0.29) is 12.6 Å². The molecule has 0 bridgehead atoms. The van der Waals surface area contributed by atoms with Crippen molar-refractivity contribution in [2.45, 2.75) is 25.8 Å². The lowest BCUT2D eigenvalue weighted by Gasteiger charge is -2.36. The molecular formula is C18H26N4O2. The highest BCUT2D eigenvalue weighted by Crippen LogP contribution is 2.23. The van der Waals surface area contributed by atoms with Gasteiger partial charge in [-0.2, -0.15) is 4.98 Å². The molecule has 2 heterocycles. The predicted molar refractivity (Wildman–Crippen MR) is 92.5 cm³/mol. The highest BCUT2D eigenvalue weighted by atomic mass is 16.5. The summed E-state index contributed by atoms with van der Waals surface area (Å²) in [6.45, 7) is 7.60. The highest BCUT2D eigenvalue weighted by molar-refractivity contribution is 5.53. The summed E-state index contributed by atoms with van der Waals surface area (Å²) in [5, 5.41) is 13.0. The van der Waals surface area contributed by atoms with Gasteiger partial charge in [-0.25, -0.2) is 0 Å². The molecule has 1 aromatic heterocycles. The Morgan fingerprint density at radius 3 is 2.58 bits per heavy atom. The van der Waals surface area contributed by atoms with Gasteiger partial charge in [0.25, 0.3) is 0 Å². The number of aromatic nitrogens is 2. The largest absolute Gasteiger partial charge is 0.396 e. The molecule has 0 saturated carbocycles. The maximum absolute atomic E-state index is 8.87. The van der Waals surface area contributed by atoms with Crippen LogP contribution in [0.5, 0.6) is 0 Å². The Bertz CT molecular complexity index is 608. The Labute approximate surface area is 143 Å². The second kappa shape index (κ2) is 8.37. The molecule has 1 aromatic carbocycles. The normalized spacial score (nSPS) is 17.9. The Balaban J connectivity index is 1.54. The van der Waals surface area contributed by atoms with Gasteiger partial charge < -0.3 is 14.5 Å². The minimum atomic E-state index is 0.134. The van der Waals surface area contributed by atoms with Crippen molar-refractivity contribution in [3.05, 3.63) is 36.2 Å². The van der Waals surface area contributed by atoms with E-state index in [0.29, 0.717) is 11.7 Å². The number of hydrogen-bond acceptors (Lipinski definition) is 6. The minimum Gasteiger partial charge on any atom is -0.396 e. The van der Waals surface area contributed by atoms with Crippen molar-refractivity contribution in [3.8, 4) is 11.4 Å². The third-order valence-electron chi connectivity index (χ3n) is 4.67. The van der Waals surface area contributed by atoms with Crippen molar-refractivity contribution in [2.75, 3.05) is 39.3 Å². The molecule has 6 heteroatoms. The van der Waals surface area contributed by atoms with Crippen molar-refractivity contribution in [3.63, 3.8) is 0 Å². The Morgan fingerprint density at radius 1 is 1.12 bits per heavy atom. The molecule has 1 aliphatic rings. The van der Waals surface area contributed by atoms with E-state index in [0.717, 1.165) is 51.1 Å². The molecule has 2 aromatic rings. The molecule has 1 saturated heterocycles. The first-order chi connectivity index (χ1) is 11.8. The number of aliphatic hydroxyl groups excluding tert-OH is 1.